The van der Waals surface area contributed by atoms with Crippen LogP contribution in [-0.2, 0) is 11.3 Å². The molecule has 0 amide bonds. The number of hydrogen-bond acceptors (Lipinski definition) is 5. The fourth-order valence-electron chi connectivity index (χ4n) is 4.85. The molecule has 0 aliphatic heterocycles. The molecule has 0 radical (unpaired) electrons. The van der Waals surface area contributed by atoms with Gasteiger partial charge in [0.1, 0.15) is 17.2 Å². The quantitative estimate of drug-likeness (QED) is 0.743. The number of halogens is 3. The minimum atomic E-state index is -4.80. The summed E-state index contributed by atoms with van der Waals surface area (Å²) in [7, 11) is 0. The van der Waals surface area contributed by atoms with Gasteiger partial charge in [-0.15, -0.1) is 13.2 Å². The van der Waals surface area contributed by atoms with E-state index in [0.29, 0.717) is 22.9 Å². The fourth-order valence-corrected chi connectivity index (χ4v) is 4.85. The predicted molar refractivity (Wildman–Crippen MR) is 96.0 cm³/mol. The Morgan fingerprint density at radius 2 is 1.93 bits per heavy atom. The topological polar surface area (TPSA) is 64.7 Å². The van der Waals surface area contributed by atoms with E-state index < -0.39 is 6.36 Å². The molecule has 2 aromatic rings. The van der Waals surface area contributed by atoms with Gasteiger partial charge in [0, 0.05) is 23.0 Å². The molecular formula is C21H22F3NO4. The zero-order valence-corrected chi connectivity index (χ0v) is 15.7. The summed E-state index contributed by atoms with van der Waals surface area (Å²) in [5.74, 6) is 1.23. The Balaban J connectivity index is 1.43. The van der Waals surface area contributed by atoms with E-state index in [1.807, 2.05) is 0 Å². The first-order chi connectivity index (χ1) is 13.9. The van der Waals surface area contributed by atoms with Crippen LogP contribution in [0.25, 0.3) is 11.3 Å². The molecule has 1 N–H and O–H groups in total. The predicted octanol–water partition coefficient (Wildman–Crippen LogP) is 4.79. The van der Waals surface area contributed by atoms with Crippen LogP contribution in [0.5, 0.6) is 5.75 Å². The van der Waals surface area contributed by atoms with Gasteiger partial charge in [-0.1, -0.05) is 17.3 Å². The maximum absolute atomic E-state index is 12.8. The fraction of sp³-hybridized carbons (Fsp3) is 0.571. The number of benzene rings is 1. The number of aromatic nitrogens is 1. The Morgan fingerprint density at radius 3 is 2.62 bits per heavy atom. The number of aliphatic hydroxyl groups excluding tert-OH is 1. The van der Waals surface area contributed by atoms with Crippen molar-refractivity contribution in [1.29, 1.82) is 0 Å². The SMILES string of the molecule is O[C@H]1C[C@H]2C[C@@H]1[C@@H](OCc1c(-c3ccccc3OC(F)(F)F)noc1C1CC1)C2. The summed E-state index contributed by atoms with van der Waals surface area (Å²) in [5.41, 5.74) is 1.24. The Labute approximate surface area is 165 Å². The maximum atomic E-state index is 12.8. The highest BCUT2D eigenvalue weighted by Gasteiger charge is 2.46. The van der Waals surface area contributed by atoms with Gasteiger partial charge in [-0.05, 0) is 50.2 Å². The lowest BCUT2D eigenvalue weighted by Crippen LogP contribution is -2.30. The molecule has 0 saturated heterocycles. The maximum Gasteiger partial charge on any atom is 0.573 e. The van der Waals surface area contributed by atoms with Gasteiger partial charge in [0.05, 0.1) is 18.8 Å². The first kappa shape index (κ1) is 18.9. The number of para-hydroxylation sites is 1. The zero-order valence-electron chi connectivity index (χ0n) is 15.7. The molecule has 29 heavy (non-hydrogen) atoms. The second-order valence-electron chi connectivity index (χ2n) is 8.35. The molecular weight excluding hydrogens is 387 g/mol. The van der Waals surface area contributed by atoms with Crippen LogP contribution in [-0.4, -0.2) is 28.8 Å². The third-order valence-electron chi connectivity index (χ3n) is 6.29. The summed E-state index contributed by atoms with van der Waals surface area (Å²) >= 11 is 0. The number of nitrogens with zero attached hydrogens (tertiary/aromatic N) is 1. The van der Waals surface area contributed by atoms with E-state index in [4.69, 9.17) is 9.26 Å². The standard InChI is InChI=1S/C21H22F3NO4/c22-21(23,24)28-17-4-2-1-3-13(17)19-15(20(29-25-19)12-5-6-12)10-27-18-9-11-7-14(18)16(26)8-11/h1-4,11-12,14,16,18,26H,5-10H2/t11-,14+,16+,18+/m1/s1. The number of rotatable bonds is 6. The Bertz CT molecular complexity index is 892. The van der Waals surface area contributed by atoms with E-state index in [2.05, 4.69) is 9.89 Å². The van der Waals surface area contributed by atoms with Crippen molar-refractivity contribution in [3.63, 3.8) is 0 Å². The highest BCUT2D eigenvalue weighted by molar-refractivity contribution is 5.70. The minimum Gasteiger partial charge on any atom is -0.405 e. The summed E-state index contributed by atoms with van der Waals surface area (Å²) in [6.45, 7) is 0.200. The van der Waals surface area contributed by atoms with Gasteiger partial charge in [-0.2, -0.15) is 0 Å². The van der Waals surface area contributed by atoms with Crippen LogP contribution in [0.3, 0.4) is 0 Å². The molecule has 3 fully saturated rings. The van der Waals surface area contributed by atoms with E-state index in [1.165, 1.54) is 12.1 Å². The highest BCUT2D eigenvalue weighted by atomic mass is 19.4. The van der Waals surface area contributed by atoms with Gasteiger partial charge in [0.2, 0.25) is 0 Å². The molecule has 1 aromatic carbocycles. The van der Waals surface area contributed by atoms with E-state index in [-0.39, 0.29) is 42.0 Å². The molecule has 4 atom stereocenters. The normalized spacial score (nSPS) is 28.8. The molecule has 3 aliphatic carbocycles. The number of fused-ring (bicyclic) bond motifs is 2. The third kappa shape index (κ3) is 3.75. The third-order valence-corrected chi connectivity index (χ3v) is 6.29. The molecule has 156 valence electrons. The number of ether oxygens (including phenoxy) is 2. The van der Waals surface area contributed by atoms with Crippen LogP contribution in [0, 0.1) is 11.8 Å². The Hall–Kier alpha value is -2.06. The van der Waals surface area contributed by atoms with Crippen molar-refractivity contribution in [1.82, 2.24) is 5.16 Å². The van der Waals surface area contributed by atoms with E-state index in [1.54, 1.807) is 12.1 Å². The zero-order chi connectivity index (χ0) is 20.2. The molecule has 0 unspecified atom stereocenters. The lowest BCUT2D eigenvalue weighted by molar-refractivity contribution is -0.274. The Kier molecular flexibility index (Phi) is 4.58. The molecule has 1 heterocycles. The van der Waals surface area contributed by atoms with Crippen molar-refractivity contribution in [3.8, 4) is 17.0 Å². The smallest absolute Gasteiger partial charge is 0.405 e. The first-order valence-corrected chi connectivity index (χ1v) is 10.0. The van der Waals surface area contributed by atoms with Crippen molar-refractivity contribution >= 4 is 0 Å². The average molecular weight is 409 g/mol. The van der Waals surface area contributed by atoms with Crippen LogP contribution in [0.1, 0.15) is 49.3 Å². The first-order valence-electron chi connectivity index (χ1n) is 10.0. The summed E-state index contributed by atoms with van der Waals surface area (Å²) < 4.78 is 54.4. The van der Waals surface area contributed by atoms with Crippen LogP contribution >= 0.6 is 0 Å². The molecule has 0 spiro atoms. The van der Waals surface area contributed by atoms with Crippen molar-refractivity contribution in [2.45, 2.75) is 63.2 Å². The van der Waals surface area contributed by atoms with E-state index >= 15 is 0 Å². The van der Waals surface area contributed by atoms with Crippen molar-refractivity contribution in [2.75, 3.05) is 0 Å². The van der Waals surface area contributed by atoms with E-state index in [0.717, 1.165) is 32.1 Å². The minimum absolute atomic E-state index is 0.0415. The van der Waals surface area contributed by atoms with Crippen LogP contribution in [0.2, 0.25) is 0 Å². The van der Waals surface area contributed by atoms with Gasteiger partial charge in [-0.3, -0.25) is 0 Å². The Morgan fingerprint density at radius 1 is 1.14 bits per heavy atom. The molecule has 5 nitrogen and oxygen atoms in total. The number of hydrogen-bond donors (Lipinski definition) is 1. The van der Waals surface area contributed by atoms with Crippen molar-refractivity contribution in [2.24, 2.45) is 11.8 Å². The summed E-state index contributed by atoms with van der Waals surface area (Å²) in [6.07, 6.45) is -0.517. The van der Waals surface area contributed by atoms with Crippen LogP contribution in [0.4, 0.5) is 13.2 Å². The second kappa shape index (κ2) is 7.02. The van der Waals surface area contributed by atoms with Gasteiger partial charge in [0.15, 0.2) is 0 Å². The second-order valence-corrected chi connectivity index (χ2v) is 8.35. The van der Waals surface area contributed by atoms with Gasteiger partial charge in [0.25, 0.3) is 0 Å². The molecule has 5 rings (SSSR count). The van der Waals surface area contributed by atoms with E-state index in [9.17, 15) is 18.3 Å². The molecule has 3 aliphatic rings. The molecule has 2 bridgehead atoms. The van der Waals surface area contributed by atoms with Crippen molar-refractivity contribution < 1.29 is 32.3 Å². The summed E-state index contributed by atoms with van der Waals surface area (Å²) in [6, 6.07) is 5.94. The summed E-state index contributed by atoms with van der Waals surface area (Å²) in [4.78, 5) is 0. The number of aliphatic hydroxyl groups is 1. The largest absolute Gasteiger partial charge is 0.573 e. The lowest BCUT2D eigenvalue weighted by atomic mass is 9.95. The van der Waals surface area contributed by atoms with Gasteiger partial charge < -0.3 is 19.1 Å². The molecule has 1 aromatic heterocycles. The number of alkyl halides is 3. The summed E-state index contributed by atoms with van der Waals surface area (Å²) in [5, 5.41) is 14.2. The molecule has 3 saturated carbocycles. The highest BCUT2D eigenvalue weighted by Crippen LogP contribution is 2.48. The monoisotopic (exact) mass is 409 g/mol. The van der Waals surface area contributed by atoms with Gasteiger partial charge in [-0.25, -0.2) is 0 Å². The van der Waals surface area contributed by atoms with Crippen LogP contribution in [0.15, 0.2) is 28.8 Å². The average Bonchev–Trinajstić information content (AvgIpc) is 3.14. The van der Waals surface area contributed by atoms with Gasteiger partial charge >= 0.3 is 6.36 Å². The van der Waals surface area contributed by atoms with Crippen LogP contribution < -0.4 is 4.74 Å². The lowest BCUT2D eigenvalue weighted by Gasteiger charge is -2.26. The van der Waals surface area contributed by atoms with Crippen molar-refractivity contribution in [3.05, 3.63) is 35.6 Å². The molecule has 8 heteroatoms.